The molecule has 23 heavy (non-hydrogen) atoms. The first-order valence-corrected chi connectivity index (χ1v) is 8.77. The molecule has 0 aromatic rings. The van der Waals surface area contributed by atoms with E-state index in [-0.39, 0.29) is 30.6 Å². The molecule has 0 spiro atoms. The largest absolute Gasteiger partial charge is 0.465 e. The van der Waals surface area contributed by atoms with Gasteiger partial charge >= 0.3 is 11.9 Å². The van der Waals surface area contributed by atoms with E-state index in [1.54, 1.807) is 0 Å². The molecule has 1 heterocycles. The highest BCUT2D eigenvalue weighted by Crippen LogP contribution is 2.57. The van der Waals surface area contributed by atoms with Gasteiger partial charge in [0.25, 0.3) is 0 Å². The van der Waals surface area contributed by atoms with Gasteiger partial charge in [-0.05, 0) is 38.5 Å². The number of hydrogen-bond donors (Lipinski definition) is 0. The summed E-state index contributed by atoms with van der Waals surface area (Å²) in [5.74, 6) is -0.0478. The monoisotopic (exact) mass is 325 g/mol. The molecule has 3 aliphatic rings. The van der Waals surface area contributed by atoms with Crippen LogP contribution in [0, 0.1) is 17.3 Å². The first-order valence-electron chi connectivity index (χ1n) is 8.77. The van der Waals surface area contributed by atoms with Gasteiger partial charge in [-0.3, -0.25) is 14.4 Å². The molecule has 0 radical (unpaired) electrons. The van der Waals surface area contributed by atoms with Gasteiger partial charge in [0.2, 0.25) is 0 Å². The Morgan fingerprint density at radius 2 is 2.00 bits per heavy atom. The van der Waals surface area contributed by atoms with Crippen LogP contribution >= 0.6 is 0 Å². The molecule has 2 aliphatic carbocycles. The van der Waals surface area contributed by atoms with Crippen molar-refractivity contribution < 1.29 is 23.9 Å². The Hall–Kier alpha value is -1.14. The summed E-state index contributed by atoms with van der Waals surface area (Å²) in [6, 6.07) is 0.376. The molecule has 6 heteroatoms. The van der Waals surface area contributed by atoms with Crippen molar-refractivity contribution in [3.8, 4) is 0 Å². The highest BCUT2D eigenvalue weighted by atomic mass is 16.7. The molecule has 0 aromatic carbocycles. The van der Waals surface area contributed by atoms with Gasteiger partial charge in [-0.1, -0.05) is 6.92 Å². The molecule has 6 nitrogen and oxygen atoms in total. The fraction of sp³-hybridized carbons (Fsp3) is 0.882. The Labute approximate surface area is 137 Å². The summed E-state index contributed by atoms with van der Waals surface area (Å²) >= 11 is 0. The van der Waals surface area contributed by atoms with Crippen LogP contribution in [0.4, 0.5) is 0 Å². The standard InChI is InChI=1S/C17H27NO5/c1-4-18-13-7-6-12-15(13)14(23-18)8-9-17(12,10-22-11(3)19)16(20)21-5-2/h12-15H,4-10H2,1-3H3/t12-,13+,14-,15-,17-/m0/s1. The smallest absolute Gasteiger partial charge is 0.315 e. The van der Waals surface area contributed by atoms with Crippen LogP contribution in [0.25, 0.3) is 0 Å². The van der Waals surface area contributed by atoms with Crippen LogP contribution in [0.2, 0.25) is 0 Å². The zero-order valence-corrected chi connectivity index (χ0v) is 14.2. The molecular formula is C17H27NO5. The van der Waals surface area contributed by atoms with E-state index < -0.39 is 5.41 Å². The zero-order chi connectivity index (χ0) is 16.6. The van der Waals surface area contributed by atoms with E-state index in [1.165, 1.54) is 6.92 Å². The van der Waals surface area contributed by atoms with Gasteiger partial charge in [0, 0.05) is 25.4 Å². The van der Waals surface area contributed by atoms with Crippen LogP contribution in [-0.4, -0.2) is 48.9 Å². The second-order valence-corrected chi connectivity index (χ2v) is 6.90. The van der Waals surface area contributed by atoms with Gasteiger partial charge in [0.15, 0.2) is 0 Å². The Balaban J connectivity index is 1.88. The van der Waals surface area contributed by atoms with E-state index in [0.29, 0.717) is 25.0 Å². The topological polar surface area (TPSA) is 65.1 Å². The summed E-state index contributed by atoms with van der Waals surface area (Å²) < 4.78 is 10.7. The van der Waals surface area contributed by atoms with Crippen molar-refractivity contribution in [1.82, 2.24) is 5.06 Å². The van der Waals surface area contributed by atoms with Gasteiger partial charge in [-0.15, -0.1) is 0 Å². The lowest BCUT2D eigenvalue weighted by atomic mass is 9.61. The quantitative estimate of drug-likeness (QED) is 0.720. The number of esters is 2. The van der Waals surface area contributed by atoms with Crippen LogP contribution in [0.1, 0.15) is 46.5 Å². The van der Waals surface area contributed by atoms with Gasteiger partial charge in [0.1, 0.15) is 12.0 Å². The van der Waals surface area contributed by atoms with Crippen molar-refractivity contribution in [3.05, 3.63) is 0 Å². The Kier molecular flexibility index (Phi) is 4.65. The normalized spacial score (nSPS) is 39.1. The van der Waals surface area contributed by atoms with Gasteiger partial charge in [0.05, 0.1) is 12.7 Å². The lowest BCUT2D eigenvalue weighted by Gasteiger charge is -2.44. The number of carbonyl (C=O) groups excluding carboxylic acids is 2. The Morgan fingerprint density at radius 3 is 2.65 bits per heavy atom. The van der Waals surface area contributed by atoms with Crippen LogP contribution in [-0.2, 0) is 23.9 Å². The van der Waals surface area contributed by atoms with Crippen LogP contribution < -0.4 is 0 Å². The summed E-state index contributed by atoms with van der Waals surface area (Å²) in [5.41, 5.74) is -0.704. The minimum atomic E-state index is -0.704. The average Bonchev–Trinajstić information content (AvgIpc) is 3.11. The SMILES string of the molecule is CCOC(=O)[C@]1(COC(C)=O)CC[C@@H]2ON(CC)[C@@H]3CC[C@H]1[C@H]23. The van der Waals surface area contributed by atoms with Gasteiger partial charge in [-0.2, -0.15) is 5.06 Å². The number of rotatable bonds is 5. The number of hydrogen-bond acceptors (Lipinski definition) is 6. The predicted molar refractivity (Wildman–Crippen MR) is 82.2 cm³/mol. The minimum absolute atomic E-state index is 0.133. The first-order chi connectivity index (χ1) is 11.0. The Bertz CT molecular complexity index is 482. The van der Waals surface area contributed by atoms with Crippen molar-refractivity contribution in [1.29, 1.82) is 0 Å². The van der Waals surface area contributed by atoms with E-state index in [0.717, 1.165) is 25.8 Å². The molecule has 1 saturated heterocycles. The van der Waals surface area contributed by atoms with Crippen molar-refractivity contribution in [2.45, 2.75) is 58.6 Å². The average molecular weight is 325 g/mol. The van der Waals surface area contributed by atoms with Crippen LogP contribution in [0.3, 0.4) is 0 Å². The fourth-order valence-electron chi connectivity index (χ4n) is 4.95. The second kappa shape index (κ2) is 6.40. The van der Waals surface area contributed by atoms with E-state index in [1.807, 2.05) is 6.92 Å². The molecule has 130 valence electrons. The van der Waals surface area contributed by atoms with Crippen molar-refractivity contribution in [2.24, 2.45) is 17.3 Å². The Morgan fingerprint density at radius 1 is 1.22 bits per heavy atom. The van der Waals surface area contributed by atoms with E-state index in [2.05, 4.69) is 12.0 Å². The minimum Gasteiger partial charge on any atom is -0.465 e. The summed E-state index contributed by atoms with van der Waals surface area (Å²) in [4.78, 5) is 30.2. The summed E-state index contributed by atoms with van der Waals surface area (Å²) in [6.45, 7) is 6.65. The third-order valence-corrected chi connectivity index (χ3v) is 5.86. The third kappa shape index (κ3) is 2.66. The number of hydroxylamine groups is 2. The number of ether oxygens (including phenoxy) is 2. The number of nitrogens with zero attached hydrogens (tertiary/aromatic N) is 1. The molecule has 0 amide bonds. The van der Waals surface area contributed by atoms with Crippen LogP contribution in [0.5, 0.6) is 0 Å². The maximum Gasteiger partial charge on any atom is 0.315 e. The zero-order valence-electron chi connectivity index (χ0n) is 14.2. The molecule has 0 N–H and O–H groups in total. The molecule has 1 aliphatic heterocycles. The fourth-order valence-corrected chi connectivity index (χ4v) is 4.95. The van der Waals surface area contributed by atoms with Crippen molar-refractivity contribution in [2.75, 3.05) is 19.8 Å². The molecule has 0 unspecified atom stereocenters. The maximum atomic E-state index is 12.8. The van der Waals surface area contributed by atoms with Gasteiger partial charge < -0.3 is 9.47 Å². The highest BCUT2D eigenvalue weighted by Gasteiger charge is 2.63. The third-order valence-electron chi connectivity index (χ3n) is 5.86. The van der Waals surface area contributed by atoms with E-state index >= 15 is 0 Å². The summed E-state index contributed by atoms with van der Waals surface area (Å²) in [7, 11) is 0. The lowest BCUT2D eigenvalue weighted by Crippen LogP contribution is -2.51. The summed E-state index contributed by atoms with van der Waals surface area (Å²) in [6.07, 6.45) is 3.66. The molecule has 3 fully saturated rings. The van der Waals surface area contributed by atoms with Gasteiger partial charge in [-0.25, -0.2) is 0 Å². The lowest BCUT2D eigenvalue weighted by molar-refractivity contribution is -0.189. The summed E-state index contributed by atoms with van der Waals surface area (Å²) in [5, 5.41) is 2.09. The van der Waals surface area contributed by atoms with E-state index in [9.17, 15) is 9.59 Å². The number of carbonyl (C=O) groups is 2. The molecular weight excluding hydrogens is 298 g/mol. The van der Waals surface area contributed by atoms with Crippen molar-refractivity contribution in [3.63, 3.8) is 0 Å². The molecule has 0 bridgehead atoms. The molecule has 0 aromatic heterocycles. The molecule has 2 saturated carbocycles. The second-order valence-electron chi connectivity index (χ2n) is 6.90. The highest BCUT2D eigenvalue weighted by molar-refractivity contribution is 5.78. The van der Waals surface area contributed by atoms with E-state index in [4.69, 9.17) is 14.3 Å². The molecule has 5 atom stereocenters. The molecule has 3 rings (SSSR count). The first kappa shape index (κ1) is 16.7. The maximum absolute atomic E-state index is 12.8. The van der Waals surface area contributed by atoms with Crippen molar-refractivity contribution >= 4 is 11.9 Å². The van der Waals surface area contributed by atoms with Crippen LogP contribution in [0.15, 0.2) is 0 Å². The predicted octanol–water partition coefficient (Wildman–Crippen LogP) is 1.92.